The highest BCUT2D eigenvalue weighted by Crippen LogP contribution is 2.20. The van der Waals surface area contributed by atoms with Crippen molar-refractivity contribution in [2.75, 3.05) is 19.0 Å². The van der Waals surface area contributed by atoms with Gasteiger partial charge < -0.3 is 4.90 Å². The van der Waals surface area contributed by atoms with Gasteiger partial charge in [-0.3, -0.25) is 4.79 Å². The van der Waals surface area contributed by atoms with Crippen LogP contribution in [0.15, 0.2) is 12.7 Å². The Morgan fingerprint density at radius 3 is 2.46 bits per heavy atom. The van der Waals surface area contributed by atoms with Crippen molar-refractivity contribution in [2.45, 2.75) is 20.8 Å². The first-order valence-electron chi connectivity index (χ1n) is 4.45. The number of likely N-dealkylation sites (N-methyl/N-ethyl adjacent to an activating group) is 1. The van der Waals surface area contributed by atoms with Gasteiger partial charge in [-0.25, -0.2) is 0 Å². The lowest BCUT2D eigenvalue weighted by molar-refractivity contribution is -0.138. The quantitative estimate of drug-likeness (QED) is 0.496. The molecule has 0 saturated heterocycles. The Morgan fingerprint density at radius 2 is 2.15 bits per heavy atom. The van der Waals surface area contributed by atoms with E-state index in [9.17, 15) is 4.79 Å². The van der Waals surface area contributed by atoms with Crippen molar-refractivity contribution in [3.8, 4) is 0 Å². The van der Waals surface area contributed by atoms with Crippen molar-refractivity contribution >= 4 is 17.5 Å². The molecule has 0 atom stereocenters. The number of halogens is 1. The molecule has 2 nitrogen and oxygen atoms in total. The van der Waals surface area contributed by atoms with Crippen LogP contribution in [0.25, 0.3) is 0 Å². The number of hydrogen-bond donors (Lipinski definition) is 0. The number of hydrogen-bond acceptors (Lipinski definition) is 1. The van der Waals surface area contributed by atoms with Gasteiger partial charge in [-0.05, 0) is 20.8 Å². The molecule has 0 aliphatic rings. The van der Waals surface area contributed by atoms with E-state index in [0.29, 0.717) is 19.0 Å². The lowest BCUT2D eigenvalue weighted by Gasteiger charge is -2.28. The fraction of sp³-hybridized carbons (Fsp3) is 0.700. The van der Waals surface area contributed by atoms with Gasteiger partial charge in [0.2, 0.25) is 5.91 Å². The summed E-state index contributed by atoms with van der Waals surface area (Å²) in [5.74, 6) is 0.435. The number of carbonyl (C=O) groups excluding carboxylic acids is 1. The number of nitrogens with zero attached hydrogens (tertiary/aromatic N) is 1. The lowest BCUT2D eigenvalue weighted by Crippen LogP contribution is -2.41. The first kappa shape index (κ1) is 12.5. The van der Waals surface area contributed by atoms with E-state index in [1.807, 2.05) is 20.8 Å². The van der Waals surface area contributed by atoms with E-state index in [-0.39, 0.29) is 5.91 Å². The summed E-state index contributed by atoms with van der Waals surface area (Å²) in [6.07, 6.45) is 1.73. The molecule has 0 aromatic heterocycles. The number of amides is 1. The smallest absolute Gasteiger partial charge is 0.229 e. The predicted molar refractivity (Wildman–Crippen MR) is 57.0 cm³/mol. The molecule has 0 aromatic rings. The molecule has 0 radical (unpaired) electrons. The second kappa shape index (κ2) is 5.28. The molecule has 0 saturated carbocycles. The summed E-state index contributed by atoms with van der Waals surface area (Å²) in [5, 5.41) is 0. The maximum absolute atomic E-state index is 11.8. The second-order valence-corrected chi connectivity index (χ2v) is 3.92. The molecular formula is C10H18ClNO. The zero-order chi connectivity index (χ0) is 10.5. The normalized spacial score (nSPS) is 11.1. The fourth-order valence-corrected chi connectivity index (χ4v) is 1.11. The van der Waals surface area contributed by atoms with E-state index in [0.717, 1.165) is 0 Å². The van der Waals surface area contributed by atoms with Gasteiger partial charge in [0.1, 0.15) is 0 Å². The Balaban J connectivity index is 4.44. The summed E-state index contributed by atoms with van der Waals surface area (Å²) in [4.78, 5) is 13.6. The molecule has 0 spiro atoms. The molecule has 0 bridgehead atoms. The Bertz CT molecular complexity index is 189. The predicted octanol–water partition coefficient (Wildman–Crippen LogP) is 2.29. The first-order chi connectivity index (χ1) is 5.99. The van der Waals surface area contributed by atoms with Gasteiger partial charge in [0.25, 0.3) is 0 Å². The summed E-state index contributed by atoms with van der Waals surface area (Å²) in [5.41, 5.74) is -0.472. The Labute approximate surface area is 85.6 Å². The largest absolute Gasteiger partial charge is 0.339 e. The maximum Gasteiger partial charge on any atom is 0.229 e. The van der Waals surface area contributed by atoms with Crippen molar-refractivity contribution in [1.82, 2.24) is 4.90 Å². The van der Waals surface area contributed by atoms with Crippen LogP contribution in [0, 0.1) is 5.41 Å². The number of carbonyl (C=O) groups is 1. The first-order valence-corrected chi connectivity index (χ1v) is 4.99. The van der Waals surface area contributed by atoms with Crippen molar-refractivity contribution in [2.24, 2.45) is 5.41 Å². The van der Waals surface area contributed by atoms with E-state index in [2.05, 4.69) is 6.58 Å². The van der Waals surface area contributed by atoms with Crippen LogP contribution < -0.4 is 0 Å². The maximum atomic E-state index is 11.8. The van der Waals surface area contributed by atoms with Crippen molar-refractivity contribution in [1.29, 1.82) is 0 Å². The standard InChI is InChI=1S/C10H18ClNO/c1-5-7-12(6-2)9(13)10(3,4)8-11/h5H,1,6-8H2,2-4H3. The minimum atomic E-state index is -0.472. The van der Waals surface area contributed by atoms with E-state index in [1.54, 1.807) is 11.0 Å². The highest BCUT2D eigenvalue weighted by Gasteiger charge is 2.29. The Morgan fingerprint density at radius 1 is 1.62 bits per heavy atom. The van der Waals surface area contributed by atoms with Crippen LogP contribution in [0.4, 0.5) is 0 Å². The van der Waals surface area contributed by atoms with E-state index >= 15 is 0 Å². The molecule has 0 heterocycles. The highest BCUT2D eigenvalue weighted by atomic mass is 35.5. The van der Waals surface area contributed by atoms with Crippen LogP contribution in [0.1, 0.15) is 20.8 Å². The van der Waals surface area contributed by atoms with Gasteiger partial charge in [-0.15, -0.1) is 18.2 Å². The molecule has 0 rings (SSSR count). The zero-order valence-electron chi connectivity index (χ0n) is 8.64. The van der Waals surface area contributed by atoms with Crippen molar-refractivity contribution in [3.05, 3.63) is 12.7 Å². The van der Waals surface area contributed by atoms with Gasteiger partial charge >= 0.3 is 0 Å². The molecule has 0 aliphatic carbocycles. The number of rotatable bonds is 5. The van der Waals surface area contributed by atoms with Crippen LogP contribution in [0.5, 0.6) is 0 Å². The van der Waals surface area contributed by atoms with Gasteiger partial charge in [0.05, 0.1) is 5.41 Å². The van der Waals surface area contributed by atoms with Crippen molar-refractivity contribution in [3.63, 3.8) is 0 Å². The molecule has 1 amide bonds. The third-order valence-corrected chi connectivity index (χ3v) is 2.60. The summed E-state index contributed by atoms with van der Waals surface area (Å²) in [7, 11) is 0. The molecule has 0 aromatic carbocycles. The summed E-state index contributed by atoms with van der Waals surface area (Å²) < 4.78 is 0. The van der Waals surface area contributed by atoms with Crippen LogP contribution in [-0.4, -0.2) is 29.8 Å². The van der Waals surface area contributed by atoms with Gasteiger partial charge in [-0.1, -0.05) is 6.08 Å². The molecule has 3 heteroatoms. The minimum absolute atomic E-state index is 0.0879. The summed E-state index contributed by atoms with van der Waals surface area (Å²) in [6, 6.07) is 0. The molecule has 0 fully saturated rings. The third-order valence-electron chi connectivity index (χ3n) is 1.93. The highest BCUT2D eigenvalue weighted by molar-refractivity contribution is 6.19. The number of alkyl halides is 1. The fourth-order valence-electron chi connectivity index (χ4n) is 0.997. The Kier molecular flexibility index (Phi) is 5.07. The molecule has 0 aliphatic heterocycles. The molecule has 76 valence electrons. The summed E-state index contributed by atoms with van der Waals surface area (Å²) >= 11 is 5.72. The lowest BCUT2D eigenvalue weighted by atomic mass is 9.94. The topological polar surface area (TPSA) is 20.3 Å². The van der Waals surface area contributed by atoms with Crippen molar-refractivity contribution < 1.29 is 4.79 Å². The average Bonchev–Trinajstić information content (AvgIpc) is 2.13. The third kappa shape index (κ3) is 3.39. The minimum Gasteiger partial charge on any atom is -0.339 e. The molecule has 0 unspecified atom stereocenters. The molecular weight excluding hydrogens is 186 g/mol. The average molecular weight is 204 g/mol. The Hall–Kier alpha value is -0.500. The van der Waals surface area contributed by atoms with E-state index < -0.39 is 5.41 Å². The SMILES string of the molecule is C=CCN(CC)C(=O)C(C)(C)CCl. The van der Waals surface area contributed by atoms with Gasteiger partial charge in [0.15, 0.2) is 0 Å². The van der Waals surface area contributed by atoms with Gasteiger partial charge in [-0.2, -0.15) is 0 Å². The van der Waals surface area contributed by atoms with Crippen LogP contribution >= 0.6 is 11.6 Å². The summed E-state index contributed by atoms with van der Waals surface area (Å²) in [6.45, 7) is 10.6. The van der Waals surface area contributed by atoms with Gasteiger partial charge in [0, 0.05) is 19.0 Å². The molecule has 0 N–H and O–H groups in total. The zero-order valence-corrected chi connectivity index (χ0v) is 9.40. The van der Waals surface area contributed by atoms with Crippen LogP contribution in [-0.2, 0) is 4.79 Å². The monoisotopic (exact) mass is 203 g/mol. The van der Waals surface area contributed by atoms with Crippen LogP contribution in [0.3, 0.4) is 0 Å². The van der Waals surface area contributed by atoms with Crippen LogP contribution in [0.2, 0.25) is 0 Å². The molecule has 13 heavy (non-hydrogen) atoms. The second-order valence-electron chi connectivity index (χ2n) is 3.65. The van der Waals surface area contributed by atoms with E-state index in [4.69, 9.17) is 11.6 Å². The van der Waals surface area contributed by atoms with E-state index in [1.165, 1.54) is 0 Å².